The average Bonchev–Trinajstić information content (AvgIpc) is 3.61. The number of anilines is 2. The quantitative estimate of drug-likeness (QED) is 0.196. The van der Waals surface area contributed by atoms with Gasteiger partial charge in [-0.1, -0.05) is 109 Å². The zero-order chi connectivity index (χ0) is 31.8. The summed E-state index contributed by atoms with van der Waals surface area (Å²) in [6, 6.07) is 47.8. The van der Waals surface area contributed by atoms with Gasteiger partial charge in [-0.3, -0.25) is 0 Å². The van der Waals surface area contributed by atoms with Crippen LogP contribution in [0.1, 0.15) is 42.0 Å². The molecule has 1 aliphatic heterocycles. The van der Waals surface area contributed by atoms with Crippen molar-refractivity contribution >= 4 is 16.9 Å². The summed E-state index contributed by atoms with van der Waals surface area (Å²) >= 11 is 0. The number of benzene rings is 6. The van der Waals surface area contributed by atoms with Gasteiger partial charge < -0.3 is 14.4 Å². The fourth-order valence-corrected chi connectivity index (χ4v) is 8.60. The number of fused-ring (bicyclic) bond motifs is 12. The van der Waals surface area contributed by atoms with Crippen molar-refractivity contribution in [3.63, 3.8) is 0 Å². The molecule has 230 valence electrons. The predicted octanol–water partition coefficient (Wildman–Crippen LogP) is 11.8. The second-order valence-electron chi connectivity index (χ2n) is 13.0. The van der Waals surface area contributed by atoms with Gasteiger partial charge in [-0.05, 0) is 112 Å². The van der Waals surface area contributed by atoms with Gasteiger partial charge in [-0.15, -0.1) is 0 Å². The van der Waals surface area contributed by atoms with Crippen molar-refractivity contribution in [2.45, 2.75) is 25.2 Å². The molecule has 10 rings (SSSR count). The van der Waals surface area contributed by atoms with Crippen molar-refractivity contribution < 1.29 is 9.47 Å². The Labute approximate surface area is 281 Å². The summed E-state index contributed by atoms with van der Waals surface area (Å²) in [4.78, 5) is 2.30. The molecular weight excluding hydrogens is 587 g/mol. The van der Waals surface area contributed by atoms with Gasteiger partial charge in [-0.2, -0.15) is 0 Å². The Morgan fingerprint density at radius 2 is 1.27 bits per heavy atom. The van der Waals surface area contributed by atoms with E-state index in [2.05, 4.69) is 151 Å². The summed E-state index contributed by atoms with van der Waals surface area (Å²) in [6.45, 7) is 2.95. The van der Waals surface area contributed by atoms with Gasteiger partial charge in [0.25, 0.3) is 0 Å². The van der Waals surface area contributed by atoms with Gasteiger partial charge in [0.2, 0.25) is 0 Å². The van der Waals surface area contributed by atoms with Crippen LogP contribution < -0.4 is 14.4 Å². The highest BCUT2D eigenvalue weighted by atomic mass is 16.6. The van der Waals surface area contributed by atoms with E-state index >= 15 is 0 Å². The molecule has 0 saturated heterocycles. The second kappa shape index (κ2) is 10.4. The molecule has 6 aromatic carbocycles. The molecule has 1 unspecified atom stereocenters. The van der Waals surface area contributed by atoms with Gasteiger partial charge in [0, 0.05) is 12.2 Å². The standard InChI is InChI=1S/C45H33NO2/c1-2-46(31-17-12-16-30(26-31)29-14-4-3-5-15-29)40-24-13-25-41-44(40)48-42-27-35-34-20-8-11-23-38(34)45(39(35)28-43(42)47-41)36-21-9-6-18-32(36)33-19-7-10-22-37(33)45/h3-6,8-9,11-28H,2,7,10H2,1H3. The summed E-state index contributed by atoms with van der Waals surface area (Å²) in [5, 5.41) is 0. The first-order valence-corrected chi connectivity index (χ1v) is 17.0. The third kappa shape index (κ3) is 3.70. The number of para-hydroxylation sites is 1. The summed E-state index contributed by atoms with van der Waals surface area (Å²) < 4.78 is 13.7. The van der Waals surface area contributed by atoms with Crippen LogP contribution in [0.3, 0.4) is 0 Å². The van der Waals surface area contributed by atoms with E-state index in [1.54, 1.807) is 0 Å². The SMILES string of the molecule is CCN(c1cccc(-c2ccccc2)c1)c1cccc2c1Oc1cc3c(cc1O2)C1(C2=CCCC=C2c2ccccc21)c1ccccc1-3. The van der Waals surface area contributed by atoms with Crippen LogP contribution in [0, 0.1) is 0 Å². The highest BCUT2D eigenvalue weighted by Crippen LogP contribution is 2.66. The van der Waals surface area contributed by atoms with Crippen molar-refractivity contribution in [1.82, 2.24) is 0 Å². The van der Waals surface area contributed by atoms with Crippen LogP contribution >= 0.6 is 0 Å². The molecular formula is C45H33NO2. The Morgan fingerprint density at radius 3 is 2.12 bits per heavy atom. The van der Waals surface area contributed by atoms with E-state index in [9.17, 15) is 0 Å². The molecule has 0 radical (unpaired) electrons. The lowest BCUT2D eigenvalue weighted by molar-refractivity contribution is 0.359. The van der Waals surface area contributed by atoms with Crippen molar-refractivity contribution in [3.8, 4) is 45.3 Å². The van der Waals surface area contributed by atoms with Gasteiger partial charge in [-0.25, -0.2) is 0 Å². The van der Waals surface area contributed by atoms with E-state index in [4.69, 9.17) is 9.47 Å². The van der Waals surface area contributed by atoms with Gasteiger partial charge in [0.1, 0.15) is 0 Å². The maximum absolute atomic E-state index is 6.90. The van der Waals surface area contributed by atoms with Crippen LogP contribution in [0.2, 0.25) is 0 Å². The molecule has 0 fully saturated rings. The summed E-state index contributed by atoms with van der Waals surface area (Å²) in [6.07, 6.45) is 7.04. The number of hydrogen-bond acceptors (Lipinski definition) is 3. The van der Waals surface area contributed by atoms with Gasteiger partial charge >= 0.3 is 0 Å². The Bertz CT molecular complexity index is 2350. The number of allylic oxidation sites excluding steroid dienone is 4. The highest BCUT2D eigenvalue weighted by Gasteiger charge is 2.54. The molecule has 1 heterocycles. The lowest BCUT2D eigenvalue weighted by atomic mass is 9.69. The molecule has 0 saturated carbocycles. The Kier molecular flexibility index (Phi) is 5.89. The molecule has 3 nitrogen and oxygen atoms in total. The number of ether oxygens (including phenoxy) is 2. The molecule has 3 heteroatoms. The van der Waals surface area contributed by atoms with Crippen LogP contribution in [0.4, 0.5) is 11.4 Å². The van der Waals surface area contributed by atoms with Crippen LogP contribution in [0.15, 0.2) is 151 Å². The minimum atomic E-state index is -0.377. The third-order valence-electron chi connectivity index (χ3n) is 10.6. The monoisotopic (exact) mass is 619 g/mol. The molecule has 0 amide bonds. The van der Waals surface area contributed by atoms with E-state index in [0.717, 1.165) is 53.8 Å². The minimum absolute atomic E-state index is 0.377. The Morgan fingerprint density at radius 1 is 0.562 bits per heavy atom. The van der Waals surface area contributed by atoms with Gasteiger partial charge in [0.15, 0.2) is 23.0 Å². The topological polar surface area (TPSA) is 21.7 Å². The van der Waals surface area contributed by atoms with E-state index < -0.39 is 0 Å². The van der Waals surface area contributed by atoms with E-state index in [-0.39, 0.29) is 5.41 Å². The van der Waals surface area contributed by atoms with E-state index in [0.29, 0.717) is 0 Å². The zero-order valence-electron chi connectivity index (χ0n) is 26.7. The fourth-order valence-electron chi connectivity index (χ4n) is 8.60. The van der Waals surface area contributed by atoms with Crippen LogP contribution in [-0.4, -0.2) is 6.54 Å². The zero-order valence-corrected chi connectivity index (χ0v) is 26.7. The smallest absolute Gasteiger partial charge is 0.193 e. The summed E-state index contributed by atoms with van der Waals surface area (Å²) in [5.74, 6) is 2.97. The van der Waals surface area contributed by atoms with E-state index in [1.165, 1.54) is 55.7 Å². The highest BCUT2D eigenvalue weighted by molar-refractivity contribution is 6.00. The first-order chi connectivity index (χ1) is 23.8. The minimum Gasteiger partial charge on any atom is -0.449 e. The Hall–Kier alpha value is -5.80. The predicted molar refractivity (Wildman–Crippen MR) is 195 cm³/mol. The Balaban J connectivity index is 1.11. The van der Waals surface area contributed by atoms with Crippen molar-refractivity contribution in [2.75, 3.05) is 11.4 Å². The first-order valence-electron chi connectivity index (χ1n) is 17.0. The van der Waals surface area contributed by atoms with Gasteiger partial charge in [0.05, 0.1) is 11.1 Å². The second-order valence-corrected chi connectivity index (χ2v) is 13.0. The molecule has 0 N–H and O–H groups in total. The molecule has 1 atom stereocenters. The average molecular weight is 620 g/mol. The van der Waals surface area contributed by atoms with Crippen molar-refractivity contribution in [1.29, 1.82) is 0 Å². The lowest BCUT2D eigenvalue weighted by Gasteiger charge is -2.33. The summed E-state index contributed by atoms with van der Waals surface area (Å²) in [5.41, 5.74) is 14.6. The first kappa shape index (κ1) is 27.3. The molecule has 0 aromatic heterocycles. The normalized spacial score (nSPS) is 17.4. The molecule has 6 aromatic rings. The molecule has 3 aliphatic carbocycles. The van der Waals surface area contributed by atoms with Crippen LogP contribution in [0.25, 0.3) is 27.8 Å². The van der Waals surface area contributed by atoms with Crippen LogP contribution in [0.5, 0.6) is 23.0 Å². The molecule has 1 spiro atoms. The molecule has 4 aliphatic rings. The largest absolute Gasteiger partial charge is 0.449 e. The van der Waals surface area contributed by atoms with Crippen molar-refractivity contribution in [3.05, 3.63) is 173 Å². The third-order valence-corrected chi connectivity index (χ3v) is 10.6. The summed E-state index contributed by atoms with van der Waals surface area (Å²) in [7, 11) is 0. The molecule has 48 heavy (non-hydrogen) atoms. The number of hydrogen-bond donors (Lipinski definition) is 0. The molecule has 0 bridgehead atoms. The van der Waals surface area contributed by atoms with Crippen molar-refractivity contribution in [2.24, 2.45) is 0 Å². The maximum atomic E-state index is 6.90. The number of rotatable bonds is 4. The maximum Gasteiger partial charge on any atom is 0.193 e. The number of nitrogens with zero attached hydrogens (tertiary/aromatic N) is 1. The van der Waals surface area contributed by atoms with E-state index in [1.807, 2.05) is 6.07 Å². The fraction of sp³-hybridized carbons (Fsp3) is 0.111. The van der Waals surface area contributed by atoms with Crippen LogP contribution in [-0.2, 0) is 5.41 Å². The lowest BCUT2D eigenvalue weighted by Crippen LogP contribution is -2.26.